The van der Waals surface area contributed by atoms with Gasteiger partial charge in [0, 0.05) is 11.6 Å². The van der Waals surface area contributed by atoms with Gasteiger partial charge in [-0.1, -0.05) is 18.0 Å². The van der Waals surface area contributed by atoms with E-state index in [-0.39, 0.29) is 18.6 Å². The average Bonchev–Trinajstić information content (AvgIpc) is 3.17. The van der Waals surface area contributed by atoms with Crippen LogP contribution in [0.25, 0.3) is 0 Å². The van der Waals surface area contributed by atoms with Crippen LogP contribution in [0.15, 0.2) is 47.1 Å². The maximum Gasteiger partial charge on any atom is 0.258 e. The highest BCUT2D eigenvalue weighted by Crippen LogP contribution is 2.24. The molecule has 1 N–H and O–H groups in total. The lowest BCUT2D eigenvalue weighted by Gasteiger charge is -2.33. The summed E-state index contributed by atoms with van der Waals surface area (Å²) in [5.74, 6) is 1.36. The van der Waals surface area contributed by atoms with Crippen LogP contribution in [0.1, 0.15) is 31.1 Å². The predicted molar refractivity (Wildman–Crippen MR) is 96.8 cm³/mol. The molecule has 0 saturated carbocycles. The third-order valence-corrected chi connectivity index (χ3v) is 4.63. The molecule has 3 rings (SSSR count). The number of hydrogen-bond acceptors (Lipinski definition) is 4. The molecule has 1 fully saturated rings. The van der Waals surface area contributed by atoms with Crippen LogP contribution in [0, 0.1) is 0 Å². The third kappa shape index (κ3) is 5.25. The molecule has 2 aromatic rings. The molecule has 2 heterocycles. The highest BCUT2D eigenvalue weighted by Gasteiger charge is 2.24. The molecular weight excluding hydrogens is 340 g/mol. The molecular formula is C19H23ClN2O3. The second-order valence-electron chi connectivity index (χ2n) is 6.17. The summed E-state index contributed by atoms with van der Waals surface area (Å²) in [5, 5.41) is 3.60. The van der Waals surface area contributed by atoms with Crippen LogP contribution in [0.5, 0.6) is 5.75 Å². The highest BCUT2D eigenvalue weighted by atomic mass is 35.5. The number of amides is 1. The zero-order chi connectivity index (χ0) is 17.5. The van der Waals surface area contributed by atoms with Crippen LogP contribution < -0.4 is 10.1 Å². The van der Waals surface area contributed by atoms with Crippen molar-refractivity contribution in [3.63, 3.8) is 0 Å². The lowest BCUT2D eigenvalue weighted by molar-refractivity contribution is -0.123. The van der Waals surface area contributed by atoms with Gasteiger partial charge in [-0.25, -0.2) is 0 Å². The SMILES string of the molecule is O=C(COc1ccc(Cl)cc1)NC[C@H](c1ccco1)N1CCCCC1. The maximum absolute atomic E-state index is 12.1. The van der Waals surface area contributed by atoms with Crippen LogP contribution in [0.2, 0.25) is 5.02 Å². The standard InChI is InChI=1S/C19H23ClN2O3/c20-15-6-8-16(9-7-15)25-14-19(23)21-13-17(18-5-4-12-24-18)22-10-2-1-3-11-22/h4-9,12,17H,1-3,10-11,13-14H2,(H,21,23)/t17-/m1/s1. The Hall–Kier alpha value is -1.98. The van der Waals surface area contributed by atoms with E-state index in [0.717, 1.165) is 18.8 Å². The molecule has 0 radical (unpaired) electrons. The fourth-order valence-corrected chi connectivity index (χ4v) is 3.19. The normalized spacial score (nSPS) is 16.4. The molecule has 5 nitrogen and oxygen atoms in total. The number of hydrogen-bond donors (Lipinski definition) is 1. The van der Waals surface area contributed by atoms with Crippen LogP contribution in [0.4, 0.5) is 0 Å². The monoisotopic (exact) mass is 362 g/mol. The Kier molecular flexibility index (Phi) is 6.36. The number of carbonyl (C=O) groups excluding carboxylic acids is 1. The Morgan fingerprint density at radius 1 is 1.20 bits per heavy atom. The van der Waals surface area contributed by atoms with Crippen LogP contribution in [0.3, 0.4) is 0 Å². The van der Waals surface area contributed by atoms with E-state index in [9.17, 15) is 4.79 Å². The van der Waals surface area contributed by atoms with Crippen molar-refractivity contribution in [3.05, 3.63) is 53.4 Å². The van der Waals surface area contributed by atoms with Gasteiger partial charge in [0.2, 0.25) is 0 Å². The van der Waals surface area contributed by atoms with Gasteiger partial charge in [0.15, 0.2) is 6.61 Å². The Morgan fingerprint density at radius 3 is 2.64 bits per heavy atom. The van der Waals surface area contributed by atoms with E-state index in [1.54, 1.807) is 30.5 Å². The second-order valence-corrected chi connectivity index (χ2v) is 6.61. The van der Waals surface area contributed by atoms with Gasteiger partial charge < -0.3 is 14.5 Å². The first-order valence-electron chi connectivity index (χ1n) is 8.65. The van der Waals surface area contributed by atoms with Crippen LogP contribution in [-0.4, -0.2) is 37.0 Å². The molecule has 1 aromatic carbocycles. The van der Waals surface area contributed by atoms with E-state index in [2.05, 4.69) is 10.2 Å². The van der Waals surface area contributed by atoms with Crippen molar-refractivity contribution in [2.24, 2.45) is 0 Å². The number of nitrogens with zero attached hydrogens (tertiary/aromatic N) is 1. The fraction of sp³-hybridized carbons (Fsp3) is 0.421. The van der Waals surface area contributed by atoms with E-state index in [1.807, 2.05) is 12.1 Å². The average molecular weight is 363 g/mol. The van der Waals surface area contributed by atoms with Gasteiger partial charge in [-0.15, -0.1) is 0 Å². The summed E-state index contributed by atoms with van der Waals surface area (Å²) in [6.45, 7) is 2.55. The zero-order valence-corrected chi connectivity index (χ0v) is 14.9. The first kappa shape index (κ1) is 17.8. The summed E-state index contributed by atoms with van der Waals surface area (Å²) >= 11 is 5.83. The molecule has 0 unspecified atom stereocenters. The van der Waals surface area contributed by atoms with Gasteiger partial charge in [0.25, 0.3) is 5.91 Å². The molecule has 0 spiro atoms. The predicted octanol–water partition coefficient (Wildman–Crippen LogP) is 3.66. The number of furan rings is 1. The van der Waals surface area contributed by atoms with E-state index >= 15 is 0 Å². The number of likely N-dealkylation sites (tertiary alicyclic amines) is 1. The minimum absolute atomic E-state index is 0.0213. The largest absolute Gasteiger partial charge is 0.484 e. The molecule has 134 valence electrons. The molecule has 0 aliphatic carbocycles. The summed E-state index contributed by atoms with van der Waals surface area (Å²) in [7, 11) is 0. The lowest BCUT2D eigenvalue weighted by Crippen LogP contribution is -2.41. The number of ether oxygens (including phenoxy) is 1. The van der Waals surface area contributed by atoms with Crippen LogP contribution in [-0.2, 0) is 4.79 Å². The van der Waals surface area contributed by atoms with E-state index in [4.69, 9.17) is 20.8 Å². The Bertz CT molecular complexity index is 652. The maximum atomic E-state index is 12.1. The second kappa shape index (κ2) is 8.92. The summed E-state index contributed by atoms with van der Waals surface area (Å²) in [6, 6.07) is 10.9. The first-order valence-corrected chi connectivity index (χ1v) is 9.03. The summed E-state index contributed by atoms with van der Waals surface area (Å²) in [4.78, 5) is 14.5. The highest BCUT2D eigenvalue weighted by molar-refractivity contribution is 6.30. The minimum Gasteiger partial charge on any atom is -0.484 e. The molecule has 25 heavy (non-hydrogen) atoms. The van der Waals surface area contributed by atoms with E-state index in [0.29, 0.717) is 17.3 Å². The zero-order valence-electron chi connectivity index (χ0n) is 14.1. The Morgan fingerprint density at radius 2 is 1.96 bits per heavy atom. The van der Waals surface area contributed by atoms with Crippen molar-refractivity contribution in [2.45, 2.75) is 25.3 Å². The smallest absolute Gasteiger partial charge is 0.258 e. The molecule has 0 bridgehead atoms. The third-order valence-electron chi connectivity index (χ3n) is 4.38. The van der Waals surface area contributed by atoms with Gasteiger partial charge in [-0.2, -0.15) is 0 Å². The molecule has 1 saturated heterocycles. The van der Waals surface area contributed by atoms with Crippen molar-refractivity contribution in [2.75, 3.05) is 26.2 Å². The van der Waals surface area contributed by atoms with E-state index in [1.165, 1.54) is 19.3 Å². The molecule has 1 aromatic heterocycles. The number of rotatable bonds is 7. The Labute approximate surface area is 152 Å². The van der Waals surface area contributed by atoms with Crippen molar-refractivity contribution in [1.29, 1.82) is 0 Å². The summed E-state index contributed by atoms with van der Waals surface area (Å²) < 4.78 is 11.1. The van der Waals surface area contributed by atoms with Crippen LogP contribution >= 0.6 is 11.6 Å². The van der Waals surface area contributed by atoms with Crippen molar-refractivity contribution >= 4 is 17.5 Å². The van der Waals surface area contributed by atoms with Gasteiger partial charge in [-0.05, 0) is 62.3 Å². The molecule has 1 aliphatic rings. The number of piperidine rings is 1. The number of nitrogens with one attached hydrogen (secondary N) is 1. The van der Waals surface area contributed by atoms with E-state index < -0.39 is 0 Å². The fourth-order valence-electron chi connectivity index (χ4n) is 3.06. The number of halogens is 1. The summed E-state index contributed by atoms with van der Waals surface area (Å²) in [5.41, 5.74) is 0. The van der Waals surface area contributed by atoms with Crippen molar-refractivity contribution in [3.8, 4) is 5.75 Å². The van der Waals surface area contributed by atoms with Crippen molar-refractivity contribution in [1.82, 2.24) is 10.2 Å². The number of carbonyl (C=O) groups is 1. The molecule has 1 atom stereocenters. The van der Waals surface area contributed by atoms with Gasteiger partial charge in [0.05, 0.1) is 12.3 Å². The lowest BCUT2D eigenvalue weighted by atomic mass is 10.1. The van der Waals surface area contributed by atoms with Gasteiger partial charge in [-0.3, -0.25) is 9.69 Å². The Balaban J connectivity index is 1.51. The van der Waals surface area contributed by atoms with Gasteiger partial charge in [0.1, 0.15) is 11.5 Å². The summed E-state index contributed by atoms with van der Waals surface area (Å²) in [6.07, 6.45) is 5.32. The topological polar surface area (TPSA) is 54.7 Å². The van der Waals surface area contributed by atoms with Crippen molar-refractivity contribution < 1.29 is 13.9 Å². The molecule has 1 aliphatic heterocycles. The minimum atomic E-state index is -0.150. The molecule has 6 heteroatoms. The molecule has 1 amide bonds. The quantitative estimate of drug-likeness (QED) is 0.816. The van der Waals surface area contributed by atoms with Gasteiger partial charge >= 0.3 is 0 Å². The first-order chi connectivity index (χ1) is 12.2. The number of benzene rings is 1.